The quantitative estimate of drug-likeness (QED) is 0.677. The first-order valence-corrected chi connectivity index (χ1v) is 6.51. The Labute approximate surface area is 118 Å². The summed E-state index contributed by atoms with van der Waals surface area (Å²) in [5, 5.41) is 11.4. The van der Waals surface area contributed by atoms with Gasteiger partial charge in [-0.15, -0.1) is 0 Å². The first-order valence-electron chi connectivity index (χ1n) is 6.51. The molecule has 0 N–H and O–H groups in total. The van der Waals surface area contributed by atoms with Crippen LogP contribution >= 0.6 is 0 Å². The van der Waals surface area contributed by atoms with Crippen molar-refractivity contribution >= 4 is 22.1 Å². The van der Waals surface area contributed by atoms with Gasteiger partial charge in [0.25, 0.3) is 0 Å². The minimum absolute atomic E-state index is 0.676. The fourth-order valence-electron chi connectivity index (χ4n) is 2.42. The number of anilines is 2. The van der Waals surface area contributed by atoms with Crippen molar-refractivity contribution in [3.8, 4) is 6.07 Å². The normalized spacial score (nSPS) is 10.2. The monoisotopic (exact) mass is 258 g/mol. The van der Waals surface area contributed by atoms with Crippen LogP contribution in [0.5, 0.6) is 0 Å². The number of hydrogen-bond acceptors (Lipinski definition) is 2. The van der Waals surface area contributed by atoms with Gasteiger partial charge < -0.3 is 4.90 Å². The largest absolute Gasteiger partial charge is 0.344 e. The van der Waals surface area contributed by atoms with E-state index in [1.165, 1.54) is 10.8 Å². The first-order chi connectivity index (χ1) is 9.79. The summed E-state index contributed by atoms with van der Waals surface area (Å²) < 4.78 is 0. The molecule has 0 aromatic heterocycles. The second kappa shape index (κ2) is 5.07. The number of hydrogen-bond donors (Lipinski definition) is 0. The van der Waals surface area contributed by atoms with Crippen LogP contribution in [0.25, 0.3) is 10.8 Å². The molecule has 0 saturated heterocycles. The van der Waals surface area contributed by atoms with Gasteiger partial charge in [-0.2, -0.15) is 5.26 Å². The second-order valence-corrected chi connectivity index (χ2v) is 4.72. The van der Waals surface area contributed by atoms with E-state index in [9.17, 15) is 0 Å². The SMILES string of the molecule is CN(c1cccc(C#N)c1)c1cccc2ccccc12. The summed E-state index contributed by atoms with van der Waals surface area (Å²) in [6, 6.07) is 24.4. The van der Waals surface area contributed by atoms with Gasteiger partial charge in [0.1, 0.15) is 0 Å². The van der Waals surface area contributed by atoms with Crippen molar-refractivity contribution < 1.29 is 0 Å². The molecule has 3 aromatic rings. The average Bonchev–Trinajstić information content (AvgIpc) is 2.53. The lowest BCUT2D eigenvalue weighted by Gasteiger charge is -2.21. The van der Waals surface area contributed by atoms with Crippen molar-refractivity contribution in [2.24, 2.45) is 0 Å². The molecule has 0 saturated carbocycles. The van der Waals surface area contributed by atoms with Crippen LogP contribution in [0.2, 0.25) is 0 Å². The molecule has 20 heavy (non-hydrogen) atoms. The molecule has 96 valence electrons. The summed E-state index contributed by atoms with van der Waals surface area (Å²) in [4.78, 5) is 2.11. The molecule has 0 atom stereocenters. The minimum atomic E-state index is 0.676. The van der Waals surface area contributed by atoms with Gasteiger partial charge in [0.05, 0.1) is 11.6 Å². The summed E-state index contributed by atoms with van der Waals surface area (Å²) in [6.07, 6.45) is 0. The Morgan fingerprint density at radius 1 is 0.900 bits per heavy atom. The zero-order valence-electron chi connectivity index (χ0n) is 11.2. The molecule has 2 heteroatoms. The fourth-order valence-corrected chi connectivity index (χ4v) is 2.42. The highest BCUT2D eigenvalue weighted by molar-refractivity contribution is 5.95. The van der Waals surface area contributed by atoms with Crippen LogP contribution in [0.4, 0.5) is 11.4 Å². The van der Waals surface area contributed by atoms with E-state index in [-0.39, 0.29) is 0 Å². The van der Waals surface area contributed by atoms with E-state index in [0.29, 0.717) is 5.56 Å². The van der Waals surface area contributed by atoms with E-state index in [1.54, 1.807) is 0 Å². The van der Waals surface area contributed by atoms with Gasteiger partial charge in [0.2, 0.25) is 0 Å². The molecule has 0 aliphatic rings. The van der Waals surface area contributed by atoms with Gasteiger partial charge in [-0.25, -0.2) is 0 Å². The van der Waals surface area contributed by atoms with E-state index in [0.717, 1.165) is 11.4 Å². The molecule has 0 heterocycles. The number of nitrogens with zero attached hydrogens (tertiary/aromatic N) is 2. The number of benzene rings is 3. The molecule has 0 radical (unpaired) electrons. The van der Waals surface area contributed by atoms with Crippen molar-refractivity contribution in [3.05, 3.63) is 72.3 Å². The highest BCUT2D eigenvalue weighted by Gasteiger charge is 2.08. The molecule has 2 nitrogen and oxygen atoms in total. The zero-order valence-corrected chi connectivity index (χ0v) is 11.2. The Hall–Kier alpha value is -2.79. The highest BCUT2D eigenvalue weighted by atomic mass is 15.1. The summed E-state index contributed by atoms with van der Waals surface area (Å²) in [6.45, 7) is 0. The van der Waals surface area contributed by atoms with Crippen LogP contribution in [0.15, 0.2) is 66.7 Å². The molecule has 3 rings (SSSR count). The lowest BCUT2D eigenvalue weighted by Crippen LogP contribution is -2.09. The molecule has 0 unspecified atom stereocenters. The maximum absolute atomic E-state index is 9.02. The Balaban J connectivity index is 2.13. The third-order valence-corrected chi connectivity index (χ3v) is 3.49. The summed E-state index contributed by atoms with van der Waals surface area (Å²) in [5.74, 6) is 0. The molecule has 0 spiro atoms. The molecule has 0 amide bonds. The van der Waals surface area contributed by atoms with E-state index in [4.69, 9.17) is 5.26 Å². The van der Waals surface area contributed by atoms with Gasteiger partial charge in [-0.05, 0) is 29.7 Å². The third-order valence-electron chi connectivity index (χ3n) is 3.49. The molecule has 0 fully saturated rings. The van der Waals surface area contributed by atoms with Gasteiger partial charge in [0, 0.05) is 23.8 Å². The van der Waals surface area contributed by atoms with Crippen molar-refractivity contribution in [2.75, 3.05) is 11.9 Å². The molecular formula is C18H14N2. The summed E-state index contributed by atoms with van der Waals surface area (Å²) >= 11 is 0. The summed E-state index contributed by atoms with van der Waals surface area (Å²) in [5.41, 5.74) is 2.83. The molecule has 0 aliphatic carbocycles. The lowest BCUT2D eigenvalue weighted by atomic mass is 10.1. The topological polar surface area (TPSA) is 27.0 Å². The van der Waals surface area contributed by atoms with E-state index >= 15 is 0 Å². The van der Waals surface area contributed by atoms with Crippen LogP contribution < -0.4 is 4.90 Å². The average molecular weight is 258 g/mol. The van der Waals surface area contributed by atoms with Crippen LogP contribution in [-0.2, 0) is 0 Å². The first kappa shape index (κ1) is 12.3. The molecular weight excluding hydrogens is 244 g/mol. The van der Waals surface area contributed by atoms with Crippen LogP contribution in [0.3, 0.4) is 0 Å². The van der Waals surface area contributed by atoms with Crippen LogP contribution in [0, 0.1) is 11.3 Å². The predicted octanol–water partition coefficient (Wildman–Crippen LogP) is 4.48. The van der Waals surface area contributed by atoms with E-state index in [1.807, 2.05) is 43.4 Å². The maximum Gasteiger partial charge on any atom is 0.0992 e. The smallest absolute Gasteiger partial charge is 0.0992 e. The minimum Gasteiger partial charge on any atom is -0.344 e. The molecule has 0 aliphatic heterocycles. The van der Waals surface area contributed by atoms with Crippen molar-refractivity contribution in [2.45, 2.75) is 0 Å². The van der Waals surface area contributed by atoms with Gasteiger partial charge >= 0.3 is 0 Å². The maximum atomic E-state index is 9.02. The summed E-state index contributed by atoms with van der Waals surface area (Å²) in [7, 11) is 2.03. The Morgan fingerprint density at radius 2 is 1.65 bits per heavy atom. The van der Waals surface area contributed by atoms with Gasteiger partial charge in [-0.1, -0.05) is 42.5 Å². The van der Waals surface area contributed by atoms with Crippen molar-refractivity contribution in [3.63, 3.8) is 0 Å². The standard InChI is InChI=1S/C18H14N2/c1-20(16-9-4-6-14(12-16)13-19)18-11-5-8-15-7-2-3-10-17(15)18/h2-12H,1H3. The number of fused-ring (bicyclic) bond motifs is 1. The fraction of sp³-hybridized carbons (Fsp3) is 0.0556. The Kier molecular flexibility index (Phi) is 3.10. The predicted molar refractivity (Wildman–Crippen MR) is 83.2 cm³/mol. The molecule has 3 aromatic carbocycles. The molecule has 0 bridgehead atoms. The van der Waals surface area contributed by atoms with Gasteiger partial charge in [0.15, 0.2) is 0 Å². The van der Waals surface area contributed by atoms with Crippen molar-refractivity contribution in [1.29, 1.82) is 5.26 Å². The van der Waals surface area contributed by atoms with Gasteiger partial charge in [-0.3, -0.25) is 0 Å². The van der Waals surface area contributed by atoms with Crippen molar-refractivity contribution in [1.82, 2.24) is 0 Å². The Bertz CT molecular complexity index is 794. The lowest BCUT2D eigenvalue weighted by molar-refractivity contribution is 1.22. The van der Waals surface area contributed by atoms with Crippen LogP contribution in [0.1, 0.15) is 5.56 Å². The van der Waals surface area contributed by atoms with E-state index < -0.39 is 0 Å². The highest BCUT2D eigenvalue weighted by Crippen LogP contribution is 2.31. The number of rotatable bonds is 2. The zero-order chi connectivity index (χ0) is 13.9. The van der Waals surface area contributed by atoms with E-state index in [2.05, 4.69) is 41.3 Å². The second-order valence-electron chi connectivity index (χ2n) is 4.72. The number of nitriles is 1. The Morgan fingerprint density at radius 3 is 2.50 bits per heavy atom. The van der Waals surface area contributed by atoms with Crippen LogP contribution in [-0.4, -0.2) is 7.05 Å². The third kappa shape index (κ3) is 2.10.